The fraction of sp³-hybridized carbons (Fsp3) is 0.375. The number of hydrogen-bond donors (Lipinski definition) is 1. The van der Waals surface area contributed by atoms with Crippen LogP contribution in [-0.2, 0) is 4.74 Å². The predicted molar refractivity (Wildman–Crippen MR) is 81.6 cm³/mol. The summed E-state index contributed by atoms with van der Waals surface area (Å²) in [5.41, 5.74) is 2.45. The number of Topliss-reactive ketones (excluding diaryl/α,β-unsaturated/α-hetero) is 1. The number of ketones is 1. The lowest BCUT2D eigenvalue weighted by Crippen LogP contribution is -2.38. The highest BCUT2D eigenvalue weighted by atomic mass is 16.5. The predicted octanol–water partition coefficient (Wildman–Crippen LogP) is 2.70. The first-order valence-electron chi connectivity index (χ1n) is 6.94. The van der Waals surface area contributed by atoms with E-state index in [-0.39, 0.29) is 11.8 Å². The van der Waals surface area contributed by atoms with Crippen molar-refractivity contribution in [3.8, 4) is 0 Å². The zero-order valence-electron chi connectivity index (χ0n) is 12.4. The van der Waals surface area contributed by atoms with Gasteiger partial charge in [-0.05, 0) is 31.1 Å². The zero-order valence-corrected chi connectivity index (χ0v) is 12.4. The lowest BCUT2D eigenvalue weighted by Gasteiger charge is -2.26. The Kier molecular flexibility index (Phi) is 5.11. The molecule has 0 aliphatic carbocycles. The lowest BCUT2D eigenvalue weighted by molar-refractivity contribution is 0.101. The summed E-state index contributed by atoms with van der Waals surface area (Å²) < 4.78 is 5.09. The molecule has 5 heteroatoms. The minimum absolute atomic E-state index is 0.0174. The van der Waals surface area contributed by atoms with E-state index in [4.69, 9.17) is 4.74 Å². The molecule has 1 heterocycles. The van der Waals surface area contributed by atoms with Crippen LogP contribution in [0.25, 0.3) is 0 Å². The first kappa shape index (κ1) is 15.3. The molecule has 0 saturated heterocycles. The standard InChI is InChI=1S/C16H20N2O3/c1-12(19)14-4-3-5-15(10-14)17-16(20)18-8-6-13(7-9-18)11-21-2/h3-6,10H,7-9,11H2,1-2H3,(H,17,20). The van der Waals surface area contributed by atoms with Crippen molar-refractivity contribution >= 4 is 17.5 Å². The summed E-state index contributed by atoms with van der Waals surface area (Å²) in [5.74, 6) is -0.0174. The van der Waals surface area contributed by atoms with E-state index in [1.165, 1.54) is 12.5 Å². The molecule has 5 nitrogen and oxygen atoms in total. The van der Waals surface area contributed by atoms with Crippen LogP contribution in [0.3, 0.4) is 0 Å². The van der Waals surface area contributed by atoms with Crippen LogP contribution in [0.1, 0.15) is 23.7 Å². The number of carbonyl (C=O) groups excluding carboxylic acids is 2. The Morgan fingerprint density at radius 1 is 1.38 bits per heavy atom. The number of nitrogens with one attached hydrogen (secondary N) is 1. The van der Waals surface area contributed by atoms with Crippen LogP contribution in [0, 0.1) is 0 Å². The number of carbonyl (C=O) groups is 2. The fourth-order valence-corrected chi connectivity index (χ4v) is 2.23. The third-order valence-corrected chi connectivity index (χ3v) is 3.44. The summed E-state index contributed by atoms with van der Waals surface area (Å²) in [5, 5.41) is 2.83. The summed E-state index contributed by atoms with van der Waals surface area (Å²) in [4.78, 5) is 25.3. The average molecular weight is 288 g/mol. The molecule has 0 aromatic heterocycles. The van der Waals surface area contributed by atoms with Gasteiger partial charge in [-0.25, -0.2) is 4.79 Å². The Morgan fingerprint density at radius 3 is 2.81 bits per heavy atom. The SMILES string of the molecule is COCC1=CCN(C(=O)Nc2cccc(C(C)=O)c2)CC1. The van der Waals surface area contributed by atoms with Gasteiger partial charge in [0.1, 0.15) is 0 Å². The van der Waals surface area contributed by atoms with Gasteiger partial charge in [0, 0.05) is 31.5 Å². The maximum Gasteiger partial charge on any atom is 0.322 e. The van der Waals surface area contributed by atoms with Crippen LogP contribution in [0.15, 0.2) is 35.9 Å². The van der Waals surface area contributed by atoms with Crippen molar-refractivity contribution < 1.29 is 14.3 Å². The van der Waals surface area contributed by atoms with E-state index in [1.54, 1.807) is 36.3 Å². The fourth-order valence-electron chi connectivity index (χ4n) is 2.23. The highest BCUT2D eigenvalue weighted by Crippen LogP contribution is 2.15. The molecule has 0 atom stereocenters. The number of anilines is 1. The molecule has 2 rings (SSSR count). The van der Waals surface area contributed by atoms with E-state index in [0.29, 0.717) is 30.9 Å². The Labute approximate surface area is 124 Å². The third kappa shape index (κ3) is 4.16. The van der Waals surface area contributed by atoms with Crippen molar-refractivity contribution in [1.29, 1.82) is 0 Å². The normalized spacial score (nSPS) is 14.6. The van der Waals surface area contributed by atoms with Gasteiger partial charge in [-0.3, -0.25) is 4.79 Å². The van der Waals surface area contributed by atoms with E-state index in [2.05, 4.69) is 5.32 Å². The molecule has 1 aromatic rings. The van der Waals surface area contributed by atoms with Crippen molar-refractivity contribution in [2.24, 2.45) is 0 Å². The number of urea groups is 1. The number of rotatable bonds is 4. The second kappa shape index (κ2) is 7.04. The van der Waals surface area contributed by atoms with Crippen molar-refractivity contribution in [1.82, 2.24) is 4.90 Å². The van der Waals surface area contributed by atoms with Crippen LogP contribution in [0.5, 0.6) is 0 Å². The van der Waals surface area contributed by atoms with Crippen LogP contribution in [-0.4, -0.2) is 43.5 Å². The van der Waals surface area contributed by atoms with Gasteiger partial charge < -0.3 is 15.0 Å². The molecule has 1 aliphatic rings. The minimum atomic E-state index is -0.150. The zero-order chi connectivity index (χ0) is 15.2. The molecular formula is C16H20N2O3. The van der Waals surface area contributed by atoms with E-state index >= 15 is 0 Å². The van der Waals surface area contributed by atoms with E-state index in [0.717, 1.165) is 6.42 Å². The Morgan fingerprint density at radius 2 is 2.19 bits per heavy atom. The molecule has 112 valence electrons. The van der Waals surface area contributed by atoms with Gasteiger partial charge in [0.05, 0.1) is 6.61 Å². The summed E-state index contributed by atoms with van der Waals surface area (Å²) in [6, 6.07) is 6.82. The number of amides is 2. The number of benzene rings is 1. The molecule has 2 amide bonds. The first-order valence-corrected chi connectivity index (χ1v) is 6.94. The highest BCUT2D eigenvalue weighted by molar-refractivity contribution is 5.96. The number of hydrogen-bond acceptors (Lipinski definition) is 3. The van der Waals surface area contributed by atoms with Crippen LogP contribution >= 0.6 is 0 Å². The largest absolute Gasteiger partial charge is 0.380 e. The third-order valence-electron chi connectivity index (χ3n) is 3.44. The maximum atomic E-state index is 12.2. The molecule has 0 radical (unpaired) electrons. The quantitative estimate of drug-likeness (QED) is 0.684. The van der Waals surface area contributed by atoms with Crippen molar-refractivity contribution in [2.75, 3.05) is 32.1 Å². The summed E-state index contributed by atoms with van der Waals surface area (Å²) in [7, 11) is 1.67. The van der Waals surface area contributed by atoms with Gasteiger partial charge in [0.2, 0.25) is 0 Å². The van der Waals surface area contributed by atoms with Crippen LogP contribution < -0.4 is 5.32 Å². The van der Waals surface area contributed by atoms with E-state index in [9.17, 15) is 9.59 Å². The molecule has 1 N–H and O–H groups in total. The molecule has 0 fully saturated rings. The molecule has 1 aromatic carbocycles. The van der Waals surface area contributed by atoms with Gasteiger partial charge in [0.25, 0.3) is 0 Å². The van der Waals surface area contributed by atoms with E-state index < -0.39 is 0 Å². The molecule has 0 spiro atoms. The molecule has 0 bridgehead atoms. The monoisotopic (exact) mass is 288 g/mol. The van der Waals surface area contributed by atoms with Gasteiger partial charge >= 0.3 is 6.03 Å². The summed E-state index contributed by atoms with van der Waals surface area (Å²) >= 11 is 0. The van der Waals surface area contributed by atoms with E-state index in [1.807, 2.05) is 6.08 Å². The van der Waals surface area contributed by atoms with Gasteiger partial charge in [-0.15, -0.1) is 0 Å². The maximum absolute atomic E-state index is 12.2. The second-order valence-corrected chi connectivity index (χ2v) is 5.06. The summed E-state index contributed by atoms with van der Waals surface area (Å²) in [6.45, 7) is 3.38. The Balaban J connectivity index is 1.96. The number of methoxy groups -OCH3 is 1. The van der Waals surface area contributed by atoms with Gasteiger partial charge in [-0.2, -0.15) is 0 Å². The molecule has 1 aliphatic heterocycles. The van der Waals surface area contributed by atoms with Crippen molar-refractivity contribution in [3.63, 3.8) is 0 Å². The number of nitrogens with zero attached hydrogens (tertiary/aromatic N) is 1. The van der Waals surface area contributed by atoms with Gasteiger partial charge in [-0.1, -0.05) is 18.2 Å². The topological polar surface area (TPSA) is 58.6 Å². The Hall–Kier alpha value is -2.14. The molecule has 0 unspecified atom stereocenters. The van der Waals surface area contributed by atoms with Gasteiger partial charge in [0.15, 0.2) is 5.78 Å². The average Bonchev–Trinajstić information content (AvgIpc) is 2.48. The second-order valence-electron chi connectivity index (χ2n) is 5.06. The van der Waals surface area contributed by atoms with Crippen molar-refractivity contribution in [3.05, 3.63) is 41.5 Å². The minimum Gasteiger partial charge on any atom is -0.380 e. The Bertz CT molecular complexity index is 566. The molecular weight excluding hydrogens is 268 g/mol. The molecule has 21 heavy (non-hydrogen) atoms. The first-order chi connectivity index (χ1) is 10.1. The highest BCUT2D eigenvalue weighted by Gasteiger charge is 2.17. The van der Waals surface area contributed by atoms with Crippen LogP contribution in [0.2, 0.25) is 0 Å². The van der Waals surface area contributed by atoms with Crippen LogP contribution in [0.4, 0.5) is 10.5 Å². The van der Waals surface area contributed by atoms with Crippen molar-refractivity contribution in [2.45, 2.75) is 13.3 Å². The smallest absolute Gasteiger partial charge is 0.322 e. The number of ether oxygens (including phenoxy) is 1. The lowest BCUT2D eigenvalue weighted by atomic mass is 10.1. The molecule has 0 saturated carbocycles. The summed E-state index contributed by atoms with van der Waals surface area (Å²) in [6.07, 6.45) is 2.85.